The maximum absolute atomic E-state index is 11.9. The fourth-order valence-electron chi connectivity index (χ4n) is 1.59. The van der Waals surface area contributed by atoms with E-state index in [-0.39, 0.29) is 43.3 Å². The Balaban J connectivity index is 0.00000400. The first-order valence-electron chi connectivity index (χ1n) is 6.06. The summed E-state index contributed by atoms with van der Waals surface area (Å²) in [5, 5.41) is 5.76. The van der Waals surface area contributed by atoms with Crippen LogP contribution < -0.4 is 16.4 Å². The van der Waals surface area contributed by atoms with Gasteiger partial charge in [-0.1, -0.05) is 11.6 Å². The van der Waals surface area contributed by atoms with Crippen LogP contribution in [0.15, 0.2) is 18.2 Å². The van der Waals surface area contributed by atoms with Crippen LogP contribution in [0.1, 0.15) is 13.3 Å². The number of anilines is 2. The van der Waals surface area contributed by atoms with Crippen molar-refractivity contribution in [1.29, 1.82) is 0 Å². The number of rotatable bonds is 6. The van der Waals surface area contributed by atoms with Gasteiger partial charge in [-0.2, -0.15) is 0 Å². The van der Waals surface area contributed by atoms with Crippen molar-refractivity contribution in [2.75, 3.05) is 24.3 Å². The molecule has 8 heteroatoms. The Labute approximate surface area is 134 Å². The monoisotopic (exact) mass is 335 g/mol. The van der Waals surface area contributed by atoms with Gasteiger partial charge >= 0.3 is 0 Å². The molecule has 1 aromatic rings. The molecule has 0 heterocycles. The predicted octanol–water partition coefficient (Wildman–Crippen LogP) is 2.02. The molecule has 1 aromatic carbocycles. The molecule has 0 bridgehead atoms. The van der Waals surface area contributed by atoms with E-state index in [4.69, 9.17) is 22.1 Å². The van der Waals surface area contributed by atoms with E-state index in [9.17, 15) is 9.59 Å². The number of ether oxygens (including phenoxy) is 1. The summed E-state index contributed by atoms with van der Waals surface area (Å²) in [6.45, 7) is 1.63. The number of benzene rings is 1. The summed E-state index contributed by atoms with van der Waals surface area (Å²) in [6, 6.07) is 4.81. The van der Waals surface area contributed by atoms with E-state index < -0.39 is 0 Å². The molecule has 0 spiro atoms. The van der Waals surface area contributed by atoms with Crippen LogP contribution in [0.25, 0.3) is 0 Å². The molecule has 0 aliphatic carbocycles. The molecule has 21 heavy (non-hydrogen) atoms. The van der Waals surface area contributed by atoms with Crippen LogP contribution in [-0.2, 0) is 14.3 Å². The van der Waals surface area contributed by atoms with E-state index in [1.165, 1.54) is 14.0 Å². The fraction of sp³-hybridized carbons (Fsp3) is 0.385. The van der Waals surface area contributed by atoms with E-state index in [0.29, 0.717) is 16.4 Å². The van der Waals surface area contributed by atoms with E-state index in [0.717, 1.165) is 0 Å². The molecule has 0 aromatic heterocycles. The van der Waals surface area contributed by atoms with Crippen molar-refractivity contribution in [3.8, 4) is 0 Å². The van der Waals surface area contributed by atoms with Crippen LogP contribution in [0.5, 0.6) is 0 Å². The summed E-state index contributed by atoms with van der Waals surface area (Å²) in [7, 11) is 1.49. The molecule has 1 unspecified atom stereocenters. The minimum Gasteiger partial charge on any atom is -0.380 e. The van der Waals surface area contributed by atoms with Gasteiger partial charge in [0.15, 0.2) is 0 Å². The Morgan fingerprint density at radius 2 is 2.00 bits per heavy atom. The minimum absolute atomic E-state index is 0. The third-order valence-corrected chi connectivity index (χ3v) is 2.81. The van der Waals surface area contributed by atoms with Crippen LogP contribution in [0.4, 0.5) is 11.4 Å². The first kappa shape index (κ1) is 19.7. The second-order valence-electron chi connectivity index (χ2n) is 4.22. The van der Waals surface area contributed by atoms with Gasteiger partial charge < -0.3 is 21.1 Å². The molecule has 0 saturated heterocycles. The van der Waals surface area contributed by atoms with Crippen molar-refractivity contribution in [3.63, 3.8) is 0 Å². The molecule has 0 aliphatic rings. The van der Waals surface area contributed by atoms with Crippen molar-refractivity contribution < 1.29 is 14.3 Å². The Morgan fingerprint density at radius 3 is 2.52 bits per heavy atom. The molecule has 1 atom stereocenters. The molecule has 1 rings (SSSR count). The predicted molar refractivity (Wildman–Crippen MR) is 86.1 cm³/mol. The molecule has 118 valence electrons. The lowest BCUT2D eigenvalue weighted by Gasteiger charge is -2.15. The molecule has 2 amide bonds. The van der Waals surface area contributed by atoms with Gasteiger partial charge in [0.1, 0.15) is 0 Å². The van der Waals surface area contributed by atoms with E-state index in [1.54, 1.807) is 18.2 Å². The number of hydrogen-bond acceptors (Lipinski definition) is 4. The zero-order chi connectivity index (χ0) is 15.1. The summed E-state index contributed by atoms with van der Waals surface area (Å²) in [5.41, 5.74) is 6.38. The van der Waals surface area contributed by atoms with Gasteiger partial charge in [0.2, 0.25) is 11.8 Å². The molecule has 0 fully saturated rings. The number of nitrogens with two attached hydrogens (primary N) is 1. The van der Waals surface area contributed by atoms with E-state index in [2.05, 4.69) is 10.6 Å². The van der Waals surface area contributed by atoms with Gasteiger partial charge in [-0.15, -0.1) is 12.4 Å². The van der Waals surface area contributed by atoms with Gasteiger partial charge in [0.25, 0.3) is 0 Å². The third kappa shape index (κ3) is 6.77. The number of hydrogen-bond donors (Lipinski definition) is 3. The lowest BCUT2D eigenvalue weighted by atomic mass is 10.2. The lowest BCUT2D eigenvalue weighted by Crippen LogP contribution is -2.28. The van der Waals surface area contributed by atoms with Crippen molar-refractivity contribution >= 4 is 47.2 Å². The van der Waals surface area contributed by atoms with Crippen molar-refractivity contribution in [3.05, 3.63) is 23.2 Å². The summed E-state index contributed by atoms with van der Waals surface area (Å²) >= 11 is 5.89. The number of halogens is 2. The quantitative estimate of drug-likeness (QED) is 0.741. The van der Waals surface area contributed by atoms with Gasteiger partial charge in [0.05, 0.1) is 23.9 Å². The van der Waals surface area contributed by atoms with Gasteiger partial charge in [-0.3, -0.25) is 9.59 Å². The van der Waals surface area contributed by atoms with E-state index >= 15 is 0 Å². The van der Waals surface area contributed by atoms with Crippen molar-refractivity contribution in [2.24, 2.45) is 5.73 Å². The summed E-state index contributed by atoms with van der Waals surface area (Å²) in [5.74, 6) is -0.504. The van der Waals surface area contributed by atoms with Gasteiger partial charge in [-0.05, 0) is 18.2 Å². The average Bonchev–Trinajstić information content (AvgIpc) is 2.38. The molecular weight excluding hydrogens is 317 g/mol. The smallest absolute Gasteiger partial charge is 0.227 e. The topological polar surface area (TPSA) is 93.4 Å². The maximum Gasteiger partial charge on any atom is 0.227 e. The molecule has 4 N–H and O–H groups in total. The number of carbonyl (C=O) groups is 2. The summed E-state index contributed by atoms with van der Waals surface area (Å²) in [4.78, 5) is 23.0. The first-order valence-corrected chi connectivity index (χ1v) is 6.44. The third-order valence-electron chi connectivity index (χ3n) is 2.58. The largest absolute Gasteiger partial charge is 0.380 e. The first-order chi connectivity index (χ1) is 9.46. The highest BCUT2D eigenvalue weighted by Gasteiger charge is 2.14. The van der Waals surface area contributed by atoms with Crippen LogP contribution in [0.2, 0.25) is 5.02 Å². The molecule has 6 nitrogen and oxygen atoms in total. The normalized spacial score (nSPS) is 11.2. The second-order valence-corrected chi connectivity index (χ2v) is 4.65. The maximum atomic E-state index is 11.9. The highest BCUT2D eigenvalue weighted by atomic mass is 35.5. The second kappa shape index (κ2) is 9.57. The van der Waals surface area contributed by atoms with Crippen molar-refractivity contribution in [2.45, 2.75) is 19.4 Å². The van der Waals surface area contributed by atoms with Gasteiger partial charge in [0, 0.05) is 25.6 Å². The van der Waals surface area contributed by atoms with Gasteiger partial charge in [-0.25, -0.2) is 0 Å². The fourth-order valence-corrected chi connectivity index (χ4v) is 1.76. The zero-order valence-electron chi connectivity index (χ0n) is 11.8. The Hall–Kier alpha value is -1.34. The Bertz CT molecular complexity index is 494. The van der Waals surface area contributed by atoms with Crippen molar-refractivity contribution in [1.82, 2.24) is 0 Å². The molecular formula is C13H19Cl2N3O3. The Morgan fingerprint density at radius 1 is 1.33 bits per heavy atom. The van der Waals surface area contributed by atoms with Crippen LogP contribution >= 0.6 is 24.0 Å². The van der Waals surface area contributed by atoms with Crippen LogP contribution in [0, 0.1) is 0 Å². The molecule has 0 aliphatic heterocycles. The lowest BCUT2D eigenvalue weighted by molar-refractivity contribution is -0.118. The number of amides is 2. The number of nitrogens with one attached hydrogen (secondary N) is 2. The highest BCUT2D eigenvalue weighted by Crippen LogP contribution is 2.26. The zero-order valence-corrected chi connectivity index (χ0v) is 13.4. The minimum atomic E-state index is -0.349. The highest BCUT2D eigenvalue weighted by molar-refractivity contribution is 6.31. The summed E-state index contributed by atoms with van der Waals surface area (Å²) < 4.78 is 5.04. The average molecular weight is 336 g/mol. The van der Waals surface area contributed by atoms with E-state index in [1.807, 2.05) is 0 Å². The van der Waals surface area contributed by atoms with Crippen LogP contribution in [-0.4, -0.2) is 31.6 Å². The van der Waals surface area contributed by atoms with Crippen LogP contribution in [0.3, 0.4) is 0 Å². The number of carbonyl (C=O) groups excluding carboxylic acids is 2. The SMILES string of the molecule is COC(CN)CC(=O)Nc1cc(Cl)ccc1NC(C)=O.Cl. The molecule has 0 saturated carbocycles. The summed E-state index contributed by atoms with van der Waals surface area (Å²) in [6.07, 6.45) is -0.225. The Kier molecular flexibility index (Phi) is 8.96. The number of methoxy groups -OCH3 is 1. The standard InChI is InChI=1S/C13H18ClN3O3.ClH/c1-8(18)16-11-4-3-9(14)5-12(11)17-13(19)6-10(7-15)20-2;/h3-5,10H,6-7,15H2,1-2H3,(H,16,18)(H,17,19);1H. The molecule has 0 radical (unpaired) electrons.